The van der Waals surface area contributed by atoms with E-state index < -0.39 is 0 Å². The third-order valence-electron chi connectivity index (χ3n) is 4.65. The Morgan fingerprint density at radius 1 is 1.38 bits per heavy atom. The average Bonchev–Trinajstić information content (AvgIpc) is 2.56. The van der Waals surface area contributed by atoms with Gasteiger partial charge in [-0.15, -0.1) is 12.4 Å². The Kier molecular flexibility index (Phi) is 8.22. The number of amides is 2. The van der Waals surface area contributed by atoms with Gasteiger partial charge in [-0.25, -0.2) is 0 Å². The Labute approximate surface area is 150 Å². The highest BCUT2D eigenvalue weighted by atomic mass is 35.5. The Balaban J connectivity index is 0.00000288. The molecule has 2 amide bonds. The largest absolute Gasteiger partial charge is 0.355 e. The van der Waals surface area contributed by atoms with E-state index in [4.69, 9.17) is 0 Å². The molecule has 2 unspecified atom stereocenters. The van der Waals surface area contributed by atoms with Gasteiger partial charge >= 0.3 is 0 Å². The van der Waals surface area contributed by atoms with Crippen molar-refractivity contribution in [3.05, 3.63) is 29.3 Å². The van der Waals surface area contributed by atoms with Crippen LogP contribution in [-0.4, -0.2) is 32.0 Å². The number of aryl methyl sites for hydroxylation is 1. The summed E-state index contributed by atoms with van der Waals surface area (Å²) >= 11 is 0. The number of nitrogens with one attached hydrogen (secondary N) is 3. The monoisotopic (exact) mass is 353 g/mol. The molecular weight excluding hydrogens is 326 g/mol. The second kappa shape index (κ2) is 9.64. The number of hydrogen-bond donors (Lipinski definition) is 3. The first kappa shape index (κ1) is 20.5. The van der Waals surface area contributed by atoms with E-state index in [-0.39, 0.29) is 24.2 Å². The molecule has 1 aromatic rings. The molecule has 1 saturated heterocycles. The zero-order chi connectivity index (χ0) is 16.8. The second-order valence-electron chi connectivity index (χ2n) is 6.44. The van der Waals surface area contributed by atoms with Crippen LogP contribution in [0.2, 0.25) is 0 Å². The number of rotatable bonds is 5. The smallest absolute Gasteiger partial charge is 0.251 e. The van der Waals surface area contributed by atoms with Gasteiger partial charge in [0.2, 0.25) is 5.91 Å². The molecule has 1 fully saturated rings. The molecule has 6 heteroatoms. The van der Waals surface area contributed by atoms with Crippen LogP contribution in [0, 0.1) is 18.8 Å². The lowest BCUT2D eigenvalue weighted by Gasteiger charge is -2.28. The third kappa shape index (κ3) is 5.49. The summed E-state index contributed by atoms with van der Waals surface area (Å²) in [4.78, 5) is 24.1. The first-order chi connectivity index (χ1) is 11.0. The lowest BCUT2D eigenvalue weighted by molar-refractivity contribution is -0.117. The van der Waals surface area contributed by atoms with Crippen LogP contribution in [0.3, 0.4) is 0 Å². The normalized spacial score (nSPS) is 18.2. The van der Waals surface area contributed by atoms with Crippen LogP contribution < -0.4 is 16.0 Å². The van der Waals surface area contributed by atoms with E-state index in [0.717, 1.165) is 18.7 Å². The van der Waals surface area contributed by atoms with Crippen LogP contribution in [0.25, 0.3) is 0 Å². The lowest BCUT2D eigenvalue weighted by Crippen LogP contribution is -2.34. The number of anilines is 1. The number of halogens is 1. The summed E-state index contributed by atoms with van der Waals surface area (Å²) in [7, 11) is 1.60. The first-order valence-electron chi connectivity index (χ1n) is 8.34. The number of carbonyl (C=O) groups excluding carboxylic acids is 2. The maximum absolute atomic E-state index is 12.3. The molecule has 134 valence electrons. The fraction of sp³-hybridized carbons (Fsp3) is 0.556. The van der Waals surface area contributed by atoms with Gasteiger partial charge in [-0.3, -0.25) is 9.59 Å². The van der Waals surface area contributed by atoms with Gasteiger partial charge in [0.05, 0.1) is 0 Å². The lowest BCUT2D eigenvalue weighted by atomic mass is 9.85. The van der Waals surface area contributed by atoms with E-state index in [0.29, 0.717) is 29.5 Å². The molecule has 0 bridgehead atoms. The molecule has 0 spiro atoms. The minimum Gasteiger partial charge on any atom is -0.355 e. The maximum Gasteiger partial charge on any atom is 0.251 e. The molecule has 0 radical (unpaired) electrons. The first-order valence-corrected chi connectivity index (χ1v) is 8.34. The molecular formula is C18H28ClN3O2. The van der Waals surface area contributed by atoms with Crippen LogP contribution >= 0.6 is 12.4 Å². The molecule has 3 N–H and O–H groups in total. The topological polar surface area (TPSA) is 70.2 Å². The van der Waals surface area contributed by atoms with Crippen molar-refractivity contribution in [2.75, 3.05) is 25.5 Å². The highest BCUT2D eigenvalue weighted by Gasteiger charge is 2.22. The summed E-state index contributed by atoms with van der Waals surface area (Å²) in [6.45, 7) is 6.16. The summed E-state index contributed by atoms with van der Waals surface area (Å²) in [6.07, 6.45) is 2.88. The van der Waals surface area contributed by atoms with Crippen LogP contribution in [0.15, 0.2) is 18.2 Å². The van der Waals surface area contributed by atoms with Crippen LogP contribution in [0.5, 0.6) is 0 Å². The predicted octanol–water partition coefficient (Wildman–Crippen LogP) is 2.74. The molecule has 0 saturated carbocycles. The zero-order valence-corrected chi connectivity index (χ0v) is 15.5. The summed E-state index contributed by atoms with van der Waals surface area (Å²) in [5.41, 5.74) is 2.22. The number of piperidine rings is 1. The Hall–Kier alpha value is -1.59. The van der Waals surface area contributed by atoms with Crippen molar-refractivity contribution in [3.8, 4) is 0 Å². The summed E-state index contributed by atoms with van der Waals surface area (Å²) in [6, 6.07) is 5.35. The molecule has 2 atom stereocenters. The molecule has 1 heterocycles. The summed E-state index contributed by atoms with van der Waals surface area (Å²) in [5.74, 6) is 0.778. The molecule has 0 aliphatic carbocycles. The number of hydrogen-bond acceptors (Lipinski definition) is 3. The van der Waals surface area contributed by atoms with Gasteiger partial charge in [-0.1, -0.05) is 13.0 Å². The molecule has 24 heavy (non-hydrogen) atoms. The van der Waals surface area contributed by atoms with Gasteiger partial charge in [-0.2, -0.15) is 0 Å². The minimum absolute atomic E-state index is 0. The quantitative estimate of drug-likeness (QED) is 0.762. The number of carbonyl (C=O) groups is 2. The molecule has 5 nitrogen and oxygen atoms in total. The zero-order valence-electron chi connectivity index (χ0n) is 14.6. The standard InChI is InChI=1S/C18H27N3O2.ClH/c1-12-6-7-14(18(23)19-3)10-16(12)21-17(22)9-13(2)15-5-4-8-20-11-15;/h6-7,10,13,15,20H,4-5,8-9,11H2,1-3H3,(H,19,23)(H,21,22);1H. The fourth-order valence-corrected chi connectivity index (χ4v) is 3.07. The van der Waals surface area contributed by atoms with Crippen molar-refractivity contribution < 1.29 is 9.59 Å². The van der Waals surface area contributed by atoms with Gasteiger partial charge in [-0.05, 0) is 62.4 Å². The Morgan fingerprint density at radius 2 is 2.12 bits per heavy atom. The van der Waals surface area contributed by atoms with E-state index in [1.54, 1.807) is 19.2 Å². The van der Waals surface area contributed by atoms with E-state index >= 15 is 0 Å². The predicted molar refractivity (Wildman–Crippen MR) is 99.8 cm³/mol. The van der Waals surface area contributed by atoms with Gasteiger partial charge in [0.1, 0.15) is 0 Å². The van der Waals surface area contributed by atoms with Crippen molar-refractivity contribution in [1.82, 2.24) is 10.6 Å². The van der Waals surface area contributed by atoms with Gasteiger partial charge in [0.25, 0.3) is 5.91 Å². The van der Waals surface area contributed by atoms with Crippen molar-refractivity contribution >= 4 is 29.9 Å². The molecule has 1 aliphatic rings. The van der Waals surface area contributed by atoms with Crippen molar-refractivity contribution in [2.45, 2.75) is 33.1 Å². The van der Waals surface area contributed by atoms with Crippen LogP contribution in [-0.2, 0) is 4.79 Å². The molecule has 0 aromatic heterocycles. The van der Waals surface area contributed by atoms with E-state index in [1.807, 2.05) is 13.0 Å². The third-order valence-corrected chi connectivity index (χ3v) is 4.65. The van der Waals surface area contributed by atoms with Gasteiger partial charge in [0, 0.05) is 24.7 Å². The van der Waals surface area contributed by atoms with Gasteiger partial charge in [0.15, 0.2) is 0 Å². The molecule has 1 aromatic carbocycles. The second-order valence-corrected chi connectivity index (χ2v) is 6.44. The van der Waals surface area contributed by atoms with Crippen LogP contribution in [0.4, 0.5) is 5.69 Å². The van der Waals surface area contributed by atoms with Crippen LogP contribution in [0.1, 0.15) is 42.1 Å². The fourth-order valence-electron chi connectivity index (χ4n) is 3.07. The Morgan fingerprint density at radius 3 is 2.75 bits per heavy atom. The van der Waals surface area contributed by atoms with Gasteiger partial charge < -0.3 is 16.0 Å². The van der Waals surface area contributed by atoms with Crippen molar-refractivity contribution in [2.24, 2.45) is 11.8 Å². The highest BCUT2D eigenvalue weighted by Crippen LogP contribution is 2.24. The van der Waals surface area contributed by atoms with E-state index in [9.17, 15) is 9.59 Å². The number of benzene rings is 1. The summed E-state index contributed by atoms with van der Waals surface area (Å²) in [5, 5.41) is 8.96. The summed E-state index contributed by atoms with van der Waals surface area (Å²) < 4.78 is 0. The minimum atomic E-state index is -0.151. The molecule has 2 rings (SSSR count). The SMILES string of the molecule is CNC(=O)c1ccc(C)c(NC(=O)CC(C)C2CCCNC2)c1.Cl. The van der Waals surface area contributed by atoms with Crippen molar-refractivity contribution in [1.29, 1.82) is 0 Å². The molecule has 1 aliphatic heterocycles. The van der Waals surface area contributed by atoms with Crippen molar-refractivity contribution in [3.63, 3.8) is 0 Å². The highest BCUT2D eigenvalue weighted by molar-refractivity contribution is 5.97. The Bertz CT molecular complexity index is 571. The average molecular weight is 354 g/mol. The van der Waals surface area contributed by atoms with E-state index in [2.05, 4.69) is 22.9 Å². The van der Waals surface area contributed by atoms with E-state index in [1.165, 1.54) is 12.8 Å². The maximum atomic E-state index is 12.3.